The third-order valence-electron chi connectivity index (χ3n) is 6.74. The molecule has 0 aliphatic carbocycles. The minimum Gasteiger partial charge on any atom is -0.478 e. The maximum absolute atomic E-state index is 13.0. The van der Waals surface area contributed by atoms with Crippen LogP contribution >= 0.6 is 0 Å². The van der Waals surface area contributed by atoms with Crippen LogP contribution in [0.1, 0.15) is 45.7 Å². The van der Waals surface area contributed by atoms with Crippen molar-refractivity contribution in [2.75, 3.05) is 11.1 Å². The van der Waals surface area contributed by atoms with Crippen LogP contribution in [0, 0.1) is 0 Å². The highest BCUT2D eigenvalue weighted by Gasteiger charge is 2.23. The van der Waals surface area contributed by atoms with Crippen LogP contribution in [-0.4, -0.2) is 17.0 Å². The van der Waals surface area contributed by atoms with Gasteiger partial charge >= 0.3 is 5.97 Å². The smallest absolute Gasteiger partial charge is 0.336 e. The van der Waals surface area contributed by atoms with Gasteiger partial charge in [0.05, 0.1) is 11.1 Å². The number of carboxylic acid groups (broad SMARTS) is 1. The molecule has 0 radical (unpaired) electrons. The Balaban J connectivity index is 1.50. The van der Waals surface area contributed by atoms with E-state index in [9.17, 15) is 14.7 Å². The summed E-state index contributed by atoms with van der Waals surface area (Å²) in [5, 5.41) is 12.3. The van der Waals surface area contributed by atoms with Gasteiger partial charge in [0.25, 0.3) is 5.91 Å². The number of aromatic carboxylic acids is 1. The molecule has 42 heavy (non-hydrogen) atoms. The molecule has 0 aliphatic rings. The number of anilines is 2. The van der Waals surface area contributed by atoms with Crippen molar-refractivity contribution in [3.63, 3.8) is 0 Å². The molecule has 0 atom stereocenters. The number of nitrogens with one attached hydrogen (secondary N) is 1. The molecule has 4 aromatic rings. The topological polar surface area (TPSA) is 111 Å². The highest BCUT2D eigenvalue weighted by molar-refractivity contribution is 6.11. The van der Waals surface area contributed by atoms with Crippen LogP contribution in [0.25, 0.3) is 0 Å². The van der Waals surface area contributed by atoms with Crippen LogP contribution in [0.2, 0.25) is 0 Å². The molecule has 4 aromatic carbocycles. The standard InChI is InChI=1S/C35H32N2O5/c1-5-7-27(6-2)41-28-16-8-23(9-17-28)35(3,4)24-10-18-29(19-11-24)42-30-20-21-31(34(39)40)32(22-30)33(38)37-26-14-12-25(36)13-15-26/h5-22H,1-2,36H2,3-4H3,(H,37,38)(H,39,40)/b27-7+. The molecule has 7 heteroatoms. The van der Waals surface area contributed by atoms with Gasteiger partial charge in [-0.2, -0.15) is 0 Å². The molecule has 0 saturated heterocycles. The summed E-state index contributed by atoms with van der Waals surface area (Å²) in [5.74, 6) is 0.381. The lowest BCUT2D eigenvalue weighted by molar-refractivity contribution is 0.0692. The van der Waals surface area contributed by atoms with Gasteiger partial charge in [-0.1, -0.05) is 57.3 Å². The SMILES string of the molecule is C=C/C=C(\C=C)Oc1ccc(C(C)(C)c2ccc(Oc3ccc(C(=O)O)c(C(=O)Nc4ccc(N)cc4)c3)cc2)cc1. The summed E-state index contributed by atoms with van der Waals surface area (Å²) in [6, 6.07) is 26.3. The van der Waals surface area contributed by atoms with E-state index in [0.29, 0.717) is 34.4 Å². The van der Waals surface area contributed by atoms with Crippen molar-refractivity contribution in [1.29, 1.82) is 0 Å². The second kappa shape index (κ2) is 12.7. The average molecular weight is 561 g/mol. The number of carboxylic acids is 1. The quantitative estimate of drug-likeness (QED) is 0.0974. The zero-order chi connectivity index (χ0) is 30.3. The summed E-state index contributed by atoms with van der Waals surface area (Å²) in [4.78, 5) is 24.7. The number of carbonyl (C=O) groups is 2. The molecule has 7 nitrogen and oxygen atoms in total. The Labute approximate surface area is 245 Å². The van der Waals surface area contributed by atoms with Crippen LogP contribution < -0.4 is 20.5 Å². The Bertz CT molecular complexity index is 1630. The third-order valence-corrected chi connectivity index (χ3v) is 6.74. The number of allylic oxidation sites excluding steroid dienone is 3. The Morgan fingerprint density at radius 1 is 0.810 bits per heavy atom. The van der Waals surface area contributed by atoms with Gasteiger partial charge in [0.1, 0.15) is 23.0 Å². The average Bonchev–Trinajstić information content (AvgIpc) is 2.98. The van der Waals surface area contributed by atoms with Crippen molar-refractivity contribution in [2.45, 2.75) is 19.3 Å². The highest BCUT2D eigenvalue weighted by atomic mass is 16.5. The molecule has 212 valence electrons. The lowest BCUT2D eigenvalue weighted by Gasteiger charge is -2.26. The van der Waals surface area contributed by atoms with Crippen LogP contribution in [0.4, 0.5) is 11.4 Å². The van der Waals surface area contributed by atoms with E-state index in [1.165, 1.54) is 18.2 Å². The molecule has 0 fully saturated rings. The van der Waals surface area contributed by atoms with E-state index in [-0.39, 0.29) is 16.5 Å². The van der Waals surface area contributed by atoms with E-state index in [1.807, 2.05) is 48.5 Å². The van der Waals surface area contributed by atoms with E-state index in [1.54, 1.807) is 42.5 Å². The first-order valence-corrected chi connectivity index (χ1v) is 13.2. The summed E-state index contributed by atoms with van der Waals surface area (Å²) in [6.45, 7) is 11.7. The van der Waals surface area contributed by atoms with Crippen LogP contribution in [0.15, 0.2) is 128 Å². The maximum atomic E-state index is 13.0. The molecule has 0 aliphatic heterocycles. The molecule has 0 bridgehead atoms. The molecule has 1 amide bonds. The maximum Gasteiger partial charge on any atom is 0.336 e. The number of rotatable bonds is 11. The van der Waals surface area contributed by atoms with Gasteiger partial charge in [0.15, 0.2) is 0 Å². The van der Waals surface area contributed by atoms with Crippen molar-refractivity contribution in [3.05, 3.63) is 150 Å². The van der Waals surface area contributed by atoms with E-state index >= 15 is 0 Å². The van der Waals surface area contributed by atoms with Gasteiger partial charge in [0, 0.05) is 16.8 Å². The zero-order valence-electron chi connectivity index (χ0n) is 23.5. The van der Waals surface area contributed by atoms with Crippen LogP contribution in [0.5, 0.6) is 17.2 Å². The Morgan fingerprint density at radius 3 is 1.93 bits per heavy atom. The van der Waals surface area contributed by atoms with E-state index < -0.39 is 11.9 Å². The van der Waals surface area contributed by atoms with Crippen LogP contribution in [-0.2, 0) is 5.41 Å². The van der Waals surface area contributed by atoms with Gasteiger partial charge in [-0.25, -0.2) is 4.79 Å². The number of hydrogen-bond donors (Lipinski definition) is 3. The Morgan fingerprint density at radius 2 is 1.38 bits per heavy atom. The number of nitrogens with two attached hydrogens (primary N) is 1. The molecule has 4 rings (SSSR count). The first kappa shape index (κ1) is 29.4. The highest BCUT2D eigenvalue weighted by Crippen LogP contribution is 2.34. The first-order valence-electron chi connectivity index (χ1n) is 13.2. The number of ether oxygens (including phenoxy) is 2. The Kier molecular flexibility index (Phi) is 8.93. The van der Waals surface area contributed by atoms with E-state index in [2.05, 4.69) is 32.3 Å². The molecule has 0 saturated carbocycles. The molecule has 0 spiro atoms. The number of carbonyl (C=O) groups excluding carboxylic acids is 1. The number of nitrogen functional groups attached to an aromatic ring is 1. The number of amides is 1. The lowest BCUT2D eigenvalue weighted by Crippen LogP contribution is -2.18. The molecular weight excluding hydrogens is 528 g/mol. The minimum atomic E-state index is -1.22. The molecule has 0 heterocycles. The first-order chi connectivity index (χ1) is 20.1. The lowest BCUT2D eigenvalue weighted by atomic mass is 9.78. The van der Waals surface area contributed by atoms with Crippen molar-refractivity contribution >= 4 is 23.3 Å². The van der Waals surface area contributed by atoms with Gasteiger partial charge in [-0.05, 0) is 90.0 Å². The predicted molar refractivity (Wildman–Crippen MR) is 166 cm³/mol. The second-order valence-corrected chi connectivity index (χ2v) is 9.98. The van der Waals surface area contributed by atoms with Gasteiger partial charge in [0.2, 0.25) is 0 Å². The fourth-order valence-electron chi connectivity index (χ4n) is 4.30. The minimum absolute atomic E-state index is 0.0257. The summed E-state index contributed by atoms with van der Waals surface area (Å²) < 4.78 is 11.8. The van der Waals surface area contributed by atoms with Crippen molar-refractivity contribution in [2.24, 2.45) is 0 Å². The van der Waals surface area contributed by atoms with E-state index in [4.69, 9.17) is 15.2 Å². The fourth-order valence-corrected chi connectivity index (χ4v) is 4.30. The van der Waals surface area contributed by atoms with Gasteiger partial charge in [-0.15, -0.1) is 0 Å². The largest absolute Gasteiger partial charge is 0.478 e. The van der Waals surface area contributed by atoms with Crippen molar-refractivity contribution in [3.8, 4) is 17.2 Å². The van der Waals surface area contributed by atoms with Gasteiger partial charge < -0.3 is 25.6 Å². The summed E-state index contributed by atoms with van der Waals surface area (Å²) in [6.07, 6.45) is 5.01. The number of benzene rings is 4. The molecular formula is C35H32N2O5. The summed E-state index contributed by atoms with van der Waals surface area (Å²) in [7, 11) is 0. The Hall–Kier alpha value is -5.56. The van der Waals surface area contributed by atoms with Crippen LogP contribution in [0.3, 0.4) is 0 Å². The molecule has 4 N–H and O–H groups in total. The molecule has 0 aromatic heterocycles. The van der Waals surface area contributed by atoms with Crippen molar-refractivity contribution < 1.29 is 24.2 Å². The third kappa shape index (κ3) is 6.95. The van der Waals surface area contributed by atoms with Gasteiger partial charge in [-0.3, -0.25) is 4.79 Å². The van der Waals surface area contributed by atoms with Crippen molar-refractivity contribution in [1.82, 2.24) is 0 Å². The fraction of sp³-hybridized carbons (Fsp3) is 0.0857. The van der Waals surface area contributed by atoms with E-state index in [0.717, 1.165) is 11.1 Å². The number of hydrogen-bond acceptors (Lipinski definition) is 5. The molecule has 0 unspecified atom stereocenters. The second-order valence-electron chi connectivity index (χ2n) is 9.98. The normalized spacial score (nSPS) is 11.3. The summed E-state index contributed by atoms with van der Waals surface area (Å²) in [5.41, 5.74) is 8.42. The zero-order valence-corrected chi connectivity index (χ0v) is 23.5. The monoisotopic (exact) mass is 560 g/mol. The summed E-state index contributed by atoms with van der Waals surface area (Å²) >= 11 is 0. The predicted octanol–water partition coefficient (Wildman–Crippen LogP) is 7.97.